The van der Waals surface area contributed by atoms with Gasteiger partial charge in [0.1, 0.15) is 30.1 Å². The van der Waals surface area contributed by atoms with Crippen molar-refractivity contribution < 1.29 is 61.9 Å². The number of carbonyl (C=O) groups excluding carboxylic acids is 3. The van der Waals surface area contributed by atoms with Crippen LogP contribution >= 0.6 is 7.37 Å². The van der Waals surface area contributed by atoms with Crippen molar-refractivity contribution in [3.05, 3.63) is 197 Å². The SMILES string of the molecule is CC(C)(C)OC(=O)N(CCCCCCOCCCCc1ccccc1)CC(O)c1ccc(C[N+]2(C)CCC(C3O[C@@H]4C[C@H]5[C@@H]6CCC7=CC(=O)C=C[C@]7(C)[C@H]6[C@@H](O)C[C@]5(C)[C@]4(C(=O)COC(c4ccccc4)(c4ccccc4)c4ccccc4)O3)CC2)c(OP(C)(C)=O)c1. The number of fused-ring (bicyclic) bond motifs is 7. The molecule has 3 saturated carbocycles. The molecule has 2 unspecified atom stereocenters. The minimum atomic E-state index is -3.09. The Morgan fingerprint density at radius 2 is 1.40 bits per heavy atom. The van der Waals surface area contributed by atoms with Gasteiger partial charge in [0.15, 0.2) is 23.5 Å². The molecule has 0 aromatic heterocycles. The number of hydrogen-bond donors (Lipinski definition) is 2. The average Bonchev–Trinajstić information content (AvgIpc) is 1.49. The van der Waals surface area contributed by atoms with Gasteiger partial charge < -0.3 is 47.8 Å². The third kappa shape index (κ3) is 14.9. The van der Waals surface area contributed by atoms with Crippen molar-refractivity contribution in [2.45, 2.75) is 166 Å². The zero-order valence-corrected chi connectivity index (χ0v) is 57.7. The number of hydrogen-bond acceptors (Lipinski definition) is 12. The number of aryl methyl sites for hydroxylation is 1. The highest BCUT2D eigenvalue weighted by atomic mass is 31.2. The summed E-state index contributed by atoms with van der Waals surface area (Å²) in [6.45, 7) is 16.7. The van der Waals surface area contributed by atoms with Crippen molar-refractivity contribution in [3.63, 3.8) is 0 Å². The molecular weight excluding hydrogens is 1200 g/mol. The van der Waals surface area contributed by atoms with Crippen LogP contribution in [0.4, 0.5) is 4.79 Å². The molecule has 10 atom stereocenters. The van der Waals surface area contributed by atoms with Crippen molar-refractivity contribution in [2.24, 2.45) is 34.5 Å². The number of piperidine rings is 1. The number of Topliss-reactive ketones (excluding diaryl/α,β-unsaturated/α-hetero) is 1. The number of likely N-dealkylation sites (tertiary alicyclic amines) is 1. The number of unbranched alkanes of at least 4 members (excludes halogenated alkanes) is 4. The second-order valence-corrected chi connectivity index (χ2v) is 32.7. The van der Waals surface area contributed by atoms with Gasteiger partial charge in [-0.05, 0) is 142 Å². The molecule has 0 spiro atoms. The molecule has 2 N–H and O–H groups in total. The van der Waals surface area contributed by atoms with Crippen LogP contribution in [-0.4, -0.2) is 133 Å². The van der Waals surface area contributed by atoms with Gasteiger partial charge in [-0.15, -0.1) is 0 Å². The van der Waals surface area contributed by atoms with Crippen molar-refractivity contribution in [1.29, 1.82) is 0 Å². The third-order valence-corrected chi connectivity index (χ3v) is 22.4. The number of carbonyl (C=O) groups is 3. The average molecular weight is 1300 g/mol. The molecule has 5 aromatic carbocycles. The van der Waals surface area contributed by atoms with Crippen LogP contribution in [0.2, 0.25) is 0 Å². The fraction of sp³-hybridized carbons (Fsp3) is 0.532. The van der Waals surface area contributed by atoms with E-state index >= 15 is 4.79 Å². The van der Waals surface area contributed by atoms with E-state index in [0.29, 0.717) is 48.3 Å². The fourth-order valence-corrected chi connectivity index (χ4v) is 17.8. The zero-order valence-electron chi connectivity index (χ0n) is 56.8. The van der Waals surface area contributed by atoms with E-state index < -0.39 is 65.7 Å². The Morgan fingerprint density at radius 1 is 0.798 bits per heavy atom. The molecule has 0 radical (unpaired) electrons. The minimum absolute atomic E-state index is 0.00686. The van der Waals surface area contributed by atoms with E-state index in [2.05, 4.69) is 81.6 Å². The lowest BCUT2D eigenvalue weighted by molar-refractivity contribution is -0.928. The maximum atomic E-state index is 16.3. The molecule has 2 aliphatic heterocycles. The number of aliphatic hydroxyl groups excluding tert-OH is 2. The number of amides is 1. The first kappa shape index (κ1) is 69.3. The van der Waals surface area contributed by atoms with Gasteiger partial charge in [-0.25, -0.2) is 4.79 Å². The molecule has 2 saturated heterocycles. The number of allylic oxidation sites excluding steroid dienone is 4. The highest BCUT2D eigenvalue weighted by Crippen LogP contribution is 2.70. The lowest BCUT2D eigenvalue weighted by atomic mass is 9.46. The second kappa shape index (κ2) is 28.9. The summed E-state index contributed by atoms with van der Waals surface area (Å²) in [4.78, 5) is 44.4. The van der Waals surface area contributed by atoms with Gasteiger partial charge in [-0.3, -0.25) is 14.2 Å². The number of ether oxygens (including phenoxy) is 5. The van der Waals surface area contributed by atoms with Crippen LogP contribution < -0.4 is 4.52 Å². The standard InChI is InChI=1S/C79H102N2O12P/c1-75(2,3)92-74(86)80(44-24-9-10-25-47-88-48-26-23-29-56-27-15-11-16-28-56)53-68(84)58-36-37-59(69(49-58)93-94(7,8)87)54-81(6)45-41-57(42-46-81)73-90-71-51-66-65-39-38-63-50-64(82)40-43-76(63,4)72(65)67(83)52-77(66,5)79(71,91-73)70(85)55-89-78(60-30-17-12-18-31-60,61-32-19-13-20-33-61)62-34-21-14-22-35-62/h11-22,27-28,30-37,40,43,49-50,57,65-68,71-73,83-84H,9-10,23-26,29,38-39,41-42,44-48,51-55H2,1-8H3/q+1/t57?,65-,66-,67-,68?,71+,72+,73?,76-,77-,79+,81?/m0/s1. The van der Waals surface area contributed by atoms with Gasteiger partial charge in [-0.2, -0.15) is 0 Å². The largest absolute Gasteiger partial charge is 0.444 e. The van der Waals surface area contributed by atoms with E-state index in [0.717, 1.165) is 118 Å². The number of nitrogens with zero attached hydrogens (tertiary/aromatic N) is 2. The van der Waals surface area contributed by atoms with Crippen LogP contribution in [0.25, 0.3) is 0 Å². The lowest BCUT2D eigenvalue weighted by Crippen LogP contribution is -2.64. The van der Waals surface area contributed by atoms with E-state index in [4.69, 9.17) is 28.2 Å². The van der Waals surface area contributed by atoms with E-state index in [-0.39, 0.29) is 48.4 Å². The van der Waals surface area contributed by atoms with Crippen LogP contribution in [0.3, 0.4) is 0 Å². The first-order valence-electron chi connectivity index (χ1n) is 34.7. The lowest BCUT2D eigenvalue weighted by Gasteiger charge is -2.59. The molecule has 5 aromatic rings. The summed E-state index contributed by atoms with van der Waals surface area (Å²) in [7, 11) is -0.866. The van der Waals surface area contributed by atoms with Crippen molar-refractivity contribution in [1.82, 2.24) is 4.90 Å². The maximum absolute atomic E-state index is 16.3. The summed E-state index contributed by atoms with van der Waals surface area (Å²) in [5.74, 6) is 0.0333. The van der Waals surface area contributed by atoms with Crippen molar-refractivity contribution in [2.75, 3.05) is 66.4 Å². The number of quaternary nitrogens is 1. The Morgan fingerprint density at radius 3 is 2.02 bits per heavy atom. The Balaban J connectivity index is 0.785. The summed E-state index contributed by atoms with van der Waals surface area (Å²) < 4.78 is 54.6. The van der Waals surface area contributed by atoms with Crippen LogP contribution in [0.5, 0.6) is 5.75 Å². The van der Waals surface area contributed by atoms with Gasteiger partial charge in [0, 0.05) is 74.2 Å². The molecule has 4 aliphatic carbocycles. The van der Waals surface area contributed by atoms with Gasteiger partial charge in [0.25, 0.3) is 0 Å². The number of rotatable bonds is 27. The Kier molecular flexibility index (Phi) is 21.3. The first-order chi connectivity index (χ1) is 44.9. The third-order valence-electron chi connectivity index (χ3n) is 21.8. The molecule has 15 heteroatoms. The Labute approximate surface area is 558 Å². The maximum Gasteiger partial charge on any atom is 0.410 e. The number of aliphatic hydroxyl groups is 2. The summed E-state index contributed by atoms with van der Waals surface area (Å²) in [5, 5.41) is 24.7. The van der Waals surface area contributed by atoms with Crippen LogP contribution in [-0.2, 0) is 56.4 Å². The predicted octanol–water partition coefficient (Wildman–Crippen LogP) is 14.8. The predicted molar refractivity (Wildman–Crippen MR) is 366 cm³/mol. The second-order valence-electron chi connectivity index (χ2n) is 30.0. The van der Waals surface area contributed by atoms with E-state index in [1.807, 2.05) is 99.6 Å². The highest BCUT2D eigenvalue weighted by molar-refractivity contribution is 7.57. The van der Waals surface area contributed by atoms with E-state index in [1.54, 1.807) is 36.4 Å². The van der Waals surface area contributed by atoms with Crippen molar-refractivity contribution in [3.8, 4) is 5.75 Å². The Hall–Kier alpha value is -6.06. The molecule has 504 valence electrons. The number of ketones is 2. The summed E-state index contributed by atoms with van der Waals surface area (Å²) in [6, 6.07) is 46.4. The van der Waals surface area contributed by atoms with Gasteiger partial charge in [0.05, 0.1) is 45.0 Å². The van der Waals surface area contributed by atoms with Crippen LogP contribution in [0, 0.1) is 34.5 Å². The molecule has 6 aliphatic rings. The molecule has 0 bridgehead atoms. The molecule has 11 rings (SSSR count). The molecule has 2 heterocycles. The Bertz CT molecular complexity index is 3410. The summed E-state index contributed by atoms with van der Waals surface area (Å²) in [6.07, 6.45) is 12.4. The van der Waals surface area contributed by atoms with E-state index in [1.165, 1.54) is 5.56 Å². The normalized spacial score (nSPS) is 28.5. The van der Waals surface area contributed by atoms with Crippen LogP contribution in [0.1, 0.15) is 151 Å². The molecule has 5 fully saturated rings. The number of benzene rings is 5. The fourth-order valence-electron chi connectivity index (χ4n) is 17.2. The zero-order chi connectivity index (χ0) is 66.5. The van der Waals surface area contributed by atoms with Gasteiger partial charge >= 0.3 is 6.09 Å². The van der Waals surface area contributed by atoms with Gasteiger partial charge in [-0.1, -0.05) is 166 Å². The monoisotopic (exact) mass is 1300 g/mol. The van der Waals surface area contributed by atoms with Crippen molar-refractivity contribution >= 4 is 25.0 Å². The molecule has 94 heavy (non-hydrogen) atoms. The molecule has 1 amide bonds. The van der Waals surface area contributed by atoms with Gasteiger partial charge in [0.2, 0.25) is 7.37 Å². The van der Waals surface area contributed by atoms with E-state index in [9.17, 15) is 24.4 Å². The first-order valence-corrected chi connectivity index (χ1v) is 37.2. The molecular formula is C79H102N2O12P+. The quantitative estimate of drug-likeness (QED) is 0.0221. The summed E-state index contributed by atoms with van der Waals surface area (Å²) >= 11 is 0. The van der Waals surface area contributed by atoms with Crippen LogP contribution in [0.15, 0.2) is 163 Å². The smallest absolute Gasteiger partial charge is 0.410 e. The topological polar surface area (TPSA) is 167 Å². The highest BCUT2D eigenvalue weighted by Gasteiger charge is 2.76. The molecule has 14 nitrogen and oxygen atoms in total. The summed E-state index contributed by atoms with van der Waals surface area (Å²) in [5.41, 5.74) is 1.78. The minimum Gasteiger partial charge on any atom is -0.444 e.